The molecule has 4 rings (SSSR count). The van der Waals surface area contributed by atoms with Gasteiger partial charge >= 0.3 is 0 Å². The fraction of sp³-hybridized carbons (Fsp3) is 0.333. The number of allylic oxidation sites excluding steroid dienone is 1. The fourth-order valence-electron chi connectivity index (χ4n) is 4.25. The van der Waals surface area contributed by atoms with Gasteiger partial charge in [0.1, 0.15) is 17.1 Å². The van der Waals surface area contributed by atoms with Gasteiger partial charge in [-0.1, -0.05) is 12.1 Å². The largest absolute Gasteiger partial charge is 0.497 e. The molecule has 3 aromatic rings. The highest BCUT2D eigenvalue weighted by atomic mass is 16.5. The van der Waals surface area contributed by atoms with Crippen LogP contribution in [0, 0.1) is 0 Å². The van der Waals surface area contributed by atoms with Crippen molar-refractivity contribution < 1.29 is 23.5 Å². The van der Waals surface area contributed by atoms with Crippen LogP contribution in [0.2, 0.25) is 0 Å². The van der Waals surface area contributed by atoms with Gasteiger partial charge in [0.05, 0.1) is 20.0 Å². The summed E-state index contributed by atoms with van der Waals surface area (Å²) in [5.74, 6) is 1.41. The molecule has 2 heterocycles. The Hall–Kier alpha value is -3.74. The Morgan fingerprint density at radius 3 is 2.47 bits per heavy atom. The number of methoxy groups -OCH3 is 1. The molecule has 2 amide bonds. The van der Waals surface area contributed by atoms with E-state index in [-0.39, 0.29) is 11.8 Å². The third-order valence-corrected chi connectivity index (χ3v) is 6.16. The quantitative estimate of drug-likeness (QED) is 0.501. The van der Waals surface area contributed by atoms with Crippen molar-refractivity contribution >= 4 is 28.4 Å². The van der Waals surface area contributed by atoms with Crippen molar-refractivity contribution in [1.82, 2.24) is 9.80 Å². The standard InChI is InChI=1S/C27H30N2O5/c1-5-33-25-16-26-23(24(17-34-26)20-7-6-8-21(14-20)32-4)15-22(25)18(2)13-27(31)29-11-9-28(10-12-29)19(3)30/h6-8,13-17H,5,9-12H2,1-4H3/b18-13+. The van der Waals surface area contributed by atoms with Gasteiger partial charge in [0.15, 0.2) is 0 Å². The maximum Gasteiger partial charge on any atom is 0.246 e. The summed E-state index contributed by atoms with van der Waals surface area (Å²) < 4.78 is 17.1. The lowest BCUT2D eigenvalue weighted by molar-refractivity contribution is -0.135. The van der Waals surface area contributed by atoms with Gasteiger partial charge in [-0.25, -0.2) is 0 Å². The Balaban J connectivity index is 1.68. The summed E-state index contributed by atoms with van der Waals surface area (Å²) in [5.41, 5.74) is 4.29. The second-order valence-electron chi connectivity index (χ2n) is 8.32. The van der Waals surface area contributed by atoms with Crippen LogP contribution in [-0.2, 0) is 9.59 Å². The third-order valence-electron chi connectivity index (χ3n) is 6.16. The maximum atomic E-state index is 13.0. The number of piperazine rings is 1. The third kappa shape index (κ3) is 4.78. The van der Waals surface area contributed by atoms with Crippen LogP contribution in [0.1, 0.15) is 26.3 Å². The van der Waals surface area contributed by atoms with Crippen molar-refractivity contribution in [2.45, 2.75) is 20.8 Å². The van der Waals surface area contributed by atoms with E-state index in [1.165, 1.54) is 0 Å². The van der Waals surface area contributed by atoms with Crippen LogP contribution in [0.3, 0.4) is 0 Å². The van der Waals surface area contributed by atoms with E-state index in [1.54, 1.807) is 36.2 Å². The number of ether oxygens (including phenoxy) is 2. The molecule has 1 fully saturated rings. The van der Waals surface area contributed by atoms with Crippen molar-refractivity contribution in [2.75, 3.05) is 39.9 Å². The summed E-state index contributed by atoms with van der Waals surface area (Å²) in [7, 11) is 1.64. The van der Waals surface area contributed by atoms with Gasteiger partial charge in [-0.15, -0.1) is 0 Å². The number of hydrogen-bond acceptors (Lipinski definition) is 5. The molecule has 1 aliphatic rings. The number of fused-ring (bicyclic) bond motifs is 1. The van der Waals surface area contributed by atoms with Gasteiger partial charge in [-0.2, -0.15) is 0 Å². The summed E-state index contributed by atoms with van der Waals surface area (Å²) in [5, 5.41) is 0.932. The number of amides is 2. The molecule has 0 aliphatic carbocycles. The van der Waals surface area contributed by atoms with Crippen molar-refractivity contribution in [1.29, 1.82) is 0 Å². The summed E-state index contributed by atoms with van der Waals surface area (Å²) in [6, 6.07) is 11.7. The average molecular weight is 463 g/mol. The van der Waals surface area contributed by atoms with Gasteiger partial charge in [0.25, 0.3) is 0 Å². The Labute approximate surface area is 199 Å². The van der Waals surface area contributed by atoms with Crippen LogP contribution in [0.15, 0.2) is 53.2 Å². The summed E-state index contributed by atoms with van der Waals surface area (Å²) in [6.45, 7) is 8.07. The van der Waals surface area contributed by atoms with E-state index in [0.29, 0.717) is 44.1 Å². The SMILES string of the molecule is CCOc1cc2occ(-c3cccc(OC)c3)c2cc1/C(C)=C/C(=O)N1CCN(C(C)=O)CC1. The molecule has 178 valence electrons. The monoisotopic (exact) mass is 462 g/mol. The zero-order valence-corrected chi connectivity index (χ0v) is 20.1. The molecule has 1 saturated heterocycles. The van der Waals surface area contributed by atoms with Gasteiger partial charge < -0.3 is 23.7 Å². The van der Waals surface area contributed by atoms with Gasteiger partial charge in [0.2, 0.25) is 11.8 Å². The summed E-state index contributed by atoms with van der Waals surface area (Å²) in [6.07, 6.45) is 3.38. The molecule has 0 saturated carbocycles. The van der Waals surface area contributed by atoms with E-state index in [1.807, 2.05) is 50.2 Å². The molecule has 1 aromatic heterocycles. The van der Waals surface area contributed by atoms with E-state index in [9.17, 15) is 9.59 Å². The topological polar surface area (TPSA) is 72.2 Å². The molecule has 0 bridgehead atoms. The predicted octanol–water partition coefficient (Wildman–Crippen LogP) is 4.60. The second kappa shape index (κ2) is 10.0. The Morgan fingerprint density at radius 1 is 1.06 bits per heavy atom. The number of furan rings is 1. The molecule has 0 spiro atoms. The van der Waals surface area contributed by atoms with E-state index in [4.69, 9.17) is 13.9 Å². The van der Waals surface area contributed by atoms with Crippen molar-refractivity contribution in [3.63, 3.8) is 0 Å². The molecule has 2 aromatic carbocycles. The average Bonchev–Trinajstić information content (AvgIpc) is 3.26. The van der Waals surface area contributed by atoms with E-state index in [2.05, 4.69) is 0 Å². The highest BCUT2D eigenvalue weighted by Crippen LogP contribution is 2.38. The van der Waals surface area contributed by atoms with Crippen molar-refractivity contribution in [3.05, 3.63) is 54.3 Å². The number of carbonyl (C=O) groups excluding carboxylic acids is 2. The summed E-state index contributed by atoms with van der Waals surface area (Å²) >= 11 is 0. The molecule has 0 unspecified atom stereocenters. The lowest BCUT2D eigenvalue weighted by atomic mass is 9.99. The molecule has 7 nitrogen and oxygen atoms in total. The number of hydrogen-bond donors (Lipinski definition) is 0. The Morgan fingerprint density at radius 2 is 1.79 bits per heavy atom. The van der Waals surface area contributed by atoms with Crippen LogP contribution in [-0.4, -0.2) is 61.5 Å². The first-order valence-electron chi connectivity index (χ1n) is 11.5. The molecule has 0 atom stereocenters. The minimum Gasteiger partial charge on any atom is -0.497 e. The van der Waals surface area contributed by atoms with E-state index < -0.39 is 0 Å². The first kappa shape index (κ1) is 23.4. The lowest BCUT2D eigenvalue weighted by Gasteiger charge is -2.33. The first-order chi connectivity index (χ1) is 16.4. The number of carbonyl (C=O) groups is 2. The predicted molar refractivity (Wildman–Crippen MR) is 132 cm³/mol. The van der Waals surface area contributed by atoms with Crippen molar-refractivity contribution in [3.8, 4) is 22.6 Å². The van der Waals surface area contributed by atoms with Crippen LogP contribution in [0.4, 0.5) is 0 Å². The normalized spacial score (nSPS) is 14.4. The molecule has 7 heteroatoms. The minimum atomic E-state index is -0.0662. The summed E-state index contributed by atoms with van der Waals surface area (Å²) in [4.78, 5) is 28.1. The van der Waals surface area contributed by atoms with Gasteiger partial charge in [-0.05, 0) is 43.2 Å². The Kier molecular flexibility index (Phi) is 6.91. The van der Waals surface area contributed by atoms with Crippen LogP contribution < -0.4 is 9.47 Å². The zero-order valence-electron chi connectivity index (χ0n) is 20.1. The second-order valence-corrected chi connectivity index (χ2v) is 8.32. The number of rotatable bonds is 6. The first-order valence-corrected chi connectivity index (χ1v) is 11.5. The van der Waals surface area contributed by atoms with Crippen LogP contribution in [0.25, 0.3) is 27.7 Å². The van der Waals surface area contributed by atoms with Crippen LogP contribution in [0.5, 0.6) is 11.5 Å². The van der Waals surface area contributed by atoms with Crippen molar-refractivity contribution in [2.24, 2.45) is 0 Å². The minimum absolute atomic E-state index is 0.0421. The molecule has 1 aliphatic heterocycles. The lowest BCUT2D eigenvalue weighted by Crippen LogP contribution is -2.49. The van der Waals surface area contributed by atoms with Gasteiger partial charge in [0, 0.05) is 61.8 Å². The zero-order chi connectivity index (χ0) is 24.2. The van der Waals surface area contributed by atoms with Gasteiger partial charge in [-0.3, -0.25) is 9.59 Å². The molecule has 34 heavy (non-hydrogen) atoms. The molecule has 0 radical (unpaired) electrons. The highest BCUT2D eigenvalue weighted by molar-refractivity contribution is 6.00. The van der Waals surface area contributed by atoms with E-state index in [0.717, 1.165) is 33.4 Å². The number of nitrogens with zero attached hydrogens (tertiary/aromatic N) is 2. The van der Waals surface area contributed by atoms with E-state index >= 15 is 0 Å². The Bertz CT molecular complexity index is 1240. The molecular weight excluding hydrogens is 432 g/mol. The van der Waals surface area contributed by atoms with Crippen LogP contribution >= 0.6 is 0 Å². The fourth-order valence-corrected chi connectivity index (χ4v) is 4.25. The molecular formula is C27H30N2O5. The maximum absolute atomic E-state index is 13.0. The highest BCUT2D eigenvalue weighted by Gasteiger charge is 2.22. The molecule has 0 N–H and O–H groups in total. The number of benzene rings is 2. The smallest absolute Gasteiger partial charge is 0.246 e.